The van der Waals surface area contributed by atoms with Crippen molar-refractivity contribution >= 4 is 17.9 Å². The minimum atomic E-state index is -0.780. The van der Waals surface area contributed by atoms with Crippen LogP contribution in [0, 0.1) is 0 Å². The Morgan fingerprint density at radius 3 is 0.940 bits per heavy atom. The van der Waals surface area contributed by atoms with Crippen LogP contribution in [0.3, 0.4) is 0 Å². The highest BCUT2D eigenvalue weighted by Crippen LogP contribution is 2.15. The zero-order valence-electron chi connectivity index (χ0n) is 43.9. The third-order valence-electron chi connectivity index (χ3n) is 11.9. The molecule has 6 nitrogen and oxygen atoms in total. The highest BCUT2D eigenvalue weighted by atomic mass is 16.6. The van der Waals surface area contributed by atoms with Gasteiger partial charge < -0.3 is 14.2 Å². The van der Waals surface area contributed by atoms with E-state index in [4.69, 9.17) is 14.2 Å². The van der Waals surface area contributed by atoms with E-state index in [1.165, 1.54) is 116 Å². The summed E-state index contributed by atoms with van der Waals surface area (Å²) in [6.07, 6.45) is 71.6. The standard InChI is InChI=1S/C61H104O6/c1-4-7-10-13-16-18-20-22-24-26-27-28-29-30-31-32-33-35-36-38-40-42-45-48-51-54-60(63)66-57-58(56-65-59(62)53-50-47-44-15-12-9-6-3)67-61(64)55-52-49-46-43-41-39-37-34-25-23-21-19-17-14-11-8-5-2/h7,10,16-19,22-25,27-28,30-31,58H,4-6,8-9,11-15,20-21,26,29,32-57H2,1-3H3/b10-7-,18-16-,19-17-,24-22-,25-23-,28-27-,31-30-. The molecular formula is C61H104O6. The van der Waals surface area contributed by atoms with Crippen molar-refractivity contribution in [1.82, 2.24) is 0 Å². The molecule has 0 aromatic heterocycles. The molecule has 0 aliphatic rings. The molecule has 0 amide bonds. The van der Waals surface area contributed by atoms with Crippen LogP contribution in [0.2, 0.25) is 0 Å². The Morgan fingerprint density at radius 1 is 0.313 bits per heavy atom. The van der Waals surface area contributed by atoms with Crippen molar-refractivity contribution in [2.45, 2.75) is 271 Å². The molecule has 0 aliphatic heterocycles. The lowest BCUT2D eigenvalue weighted by Gasteiger charge is -2.18. The van der Waals surface area contributed by atoms with Gasteiger partial charge in [-0.15, -0.1) is 0 Å². The second-order valence-electron chi connectivity index (χ2n) is 18.5. The summed E-state index contributed by atoms with van der Waals surface area (Å²) in [6, 6.07) is 0. The van der Waals surface area contributed by atoms with E-state index in [1.807, 2.05) is 0 Å². The maximum absolute atomic E-state index is 12.8. The van der Waals surface area contributed by atoms with Crippen molar-refractivity contribution in [1.29, 1.82) is 0 Å². The topological polar surface area (TPSA) is 78.9 Å². The predicted molar refractivity (Wildman–Crippen MR) is 288 cm³/mol. The highest BCUT2D eigenvalue weighted by molar-refractivity contribution is 5.71. The maximum atomic E-state index is 12.8. The maximum Gasteiger partial charge on any atom is 0.306 e. The molecule has 0 aromatic rings. The third-order valence-corrected chi connectivity index (χ3v) is 11.9. The van der Waals surface area contributed by atoms with Gasteiger partial charge in [0.05, 0.1) is 0 Å². The monoisotopic (exact) mass is 933 g/mol. The number of carbonyl (C=O) groups excluding carboxylic acids is 3. The van der Waals surface area contributed by atoms with E-state index >= 15 is 0 Å². The molecule has 0 saturated carbocycles. The van der Waals surface area contributed by atoms with Crippen LogP contribution in [0.1, 0.15) is 265 Å². The second kappa shape index (κ2) is 55.2. The van der Waals surface area contributed by atoms with Crippen LogP contribution >= 0.6 is 0 Å². The van der Waals surface area contributed by atoms with Gasteiger partial charge in [0.2, 0.25) is 0 Å². The zero-order chi connectivity index (χ0) is 48.6. The van der Waals surface area contributed by atoms with E-state index in [2.05, 4.69) is 106 Å². The number of ether oxygens (including phenoxy) is 3. The van der Waals surface area contributed by atoms with E-state index in [0.717, 1.165) is 109 Å². The van der Waals surface area contributed by atoms with Gasteiger partial charge in [0.1, 0.15) is 13.2 Å². The van der Waals surface area contributed by atoms with Gasteiger partial charge in [-0.1, -0.05) is 234 Å². The third kappa shape index (κ3) is 53.4. The van der Waals surface area contributed by atoms with Crippen LogP contribution in [0.15, 0.2) is 85.1 Å². The first kappa shape index (κ1) is 63.6. The van der Waals surface area contributed by atoms with Gasteiger partial charge in [-0.05, 0) is 96.3 Å². The molecule has 0 heterocycles. The number of esters is 3. The summed E-state index contributed by atoms with van der Waals surface area (Å²) in [5.41, 5.74) is 0. The van der Waals surface area contributed by atoms with E-state index in [1.54, 1.807) is 0 Å². The van der Waals surface area contributed by atoms with Gasteiger partial charge in [0.25, 0.3) is 0 Å². The first-order valence-corrected chi connectivity index (χ1v) is 28.1. The Bertz CT molecular complexity index is 1300. The summed E-state index contributed by atoms with van der Waals surface area (Å²) in [7, 11) is 0. The molecule has 6 heteroatoms. The molecule has 0 radical (unpaired) electrons. The normalized spacial score (nSPS) is 12.7. The van der Waals surface area contributed by atoms with Crippen LogP contribution in [-0.2, 0) is 28.6 Å². The van der Waals surface area contributed by atoms with E-state index < -0.39 is 6.10 Å². The Hall–Kier alpha value is -3.41. The van der Waals surface area contributed by atoms with Crippen molar-refractivity contribution < 1.29 is 28.6 Å². The molecule has 0 saturated heterocycles. The Labute approximate surface area is 414 Å². The van der Waals surface area contributed by atoms with Gasteiger partial charge in [0, 0.05) is 19.3 Å². The Kier molecular flexibility index (Phi) is 52.4. The molecule has 0 aromatic carbocycles. The number of hydrogen-bond acceptors (Lipinski definition) is 6. The van der Waals surface area contributed by atoms with E-state index in [-0.39, 0.29) is 31.1 Å². The molecule has 0 N–H and O–H groups in total. The van der Waals surface area contributed by atoms with E-state index in [0.29, 0.717) is 19.3 Å². The van der Waals surface area contributed by atoms with Crippen LogP contribution in [0.4, 0.5) is 0 Å². The SMILES string of the molecule is CC/C=C\C/C=C\C/C=C\C/C=C\C/C=C\CCCCCCCCCCCC(=O)OCC(COC(=O)CCCCCCCCC)OC(=O)CCCCCCCCC/C=C\C/C=C\CCCCC. The van der Waals surface area contributed by atoms with Crippen LogP contribution in [0.5, 0.6) is 0 Å². The molecule has 1 unspecified atom stereocenters. The lowest BCUT2D eigenvalue weighted by atomic mass is 10.1. The summed E-state index contributed by atoms with van der Waals surface area (Å²) >= 11 is 0. The fraction of sp³-hybridized carbons (Fsp3) is 0.721. The number of allylic oxidation sites excluding steroid dienone is 14. The molecular weight excluding hydrogens is 829 g/mol. The number of hydrogen-bond donors (Lipinski definition) is 0. The summed E-state index contributed by atoms with van der Waals surface area (Å²) in [4.78, 5) is 37.9. The minimum absolute atomic E-state index is 0.0807. The van der Waals surface area contributed by atoms with Crippen LogP contribution in [0.25, 0.3) is 0 Å². The molecule has 0 aliphatic carbocycles. The average molecular weight is 933 g/mol. The lowest BCUT2D eigenvalue weighted by molar-refractivity contribution is -0.167. The van der Waals surface area contributed by atoms with Gasteiger partial charge in [-0.2, -0.15) is 0 Å². The first-order chi connectivity index (χ1) is 33.0. The summed E-state index contributed by atoms with van der Waals surface area (Å²) in [6.45, 7) is 6.45. The van der Waals surface area contributed by atoms with Crippen molar-refractivity contribution in [3.05, 3.63) is 85.1 Å². The fourth-order valence-corrected chi connectivity index (χ4v) is 7.68. The quantitative estimate of drug-likeness (QED) is 0.0262. The van der Waals surface area contributed by atoms with Crippen LogP contribution < -0.4 is 0 Å². The smallest absolute Gasteiger partial charge is 0.306 e. The Balaban J connectivity index is 4.21. The minimum Gasteiger partial charge on any atom is -0.462 e. The molecule has 67 heavy (non-hydrogen) atoms. The summed E-state index contributed by atoms with van der Waals surface area (Å²) in [5.74, 6) is -0.898. The van der Waals surface area contributed by atoms with Gasteiger partial charge in [0.15, 0.2) is 6.10 Å². The molecule has 384 valence electrons. The molecule has 0 bridgehead atoms. The first-order valence-electron chi connectivity index (χ1n) is 28.1. The number of carbonyl (C=O) groups is 3. The number of rotatable bonds is 50. The average Bonchev–Trinajstić information content (AvgIpc) is 3.33. The summed E-state index contributed by atoms with van der Waals surface area (Å²) in [5, 5.41) is 0. The lowest BCUT2D eigenvalue weighted by Crippen LogP contribution is -2.30. The fourth-order valence-electron chi connectivity index (χ4n) is 7.68. The van der Waals surface area contributed by atoms with Crippen molar-refractivity contribution in [2.24, 2.45) is 0 Å². The molecule has 0 fully saturated rings. The molecule has 0 spiro atoms. The van der Waals surface area contributed by atoms with Gasteiger partial charge >= 0.3 is 17.9 Å². The van der Waals surface area contributed by atoms with Crippen LogP contribution in [-0.4, -0.2) is 37.2 Å². The van der Waals surface area contributed by atoms with Crippen molar-refractivity contribution in [3.8, 4) is 0 Å². The van der Waals surface area contributed by atoms with Gasteiger partial charge in [-0.3, -0.25) is 14.4 Å². The zero-order valence-corrected chi connectivity index (χ0v) is 43.9. The van der Waals surface area contributed by atoms with Gasteiger partial charge in [-0.25, -0.2) is 0 Å². The van der Waals surface area contributed by atoms with Crippen molar-refractivity contribution in [2.75, 3.05) is 13.2 Å². The highest BCUT2D eigenvalue weighted by Gasteiger charge is 2.19. The summed E-state index contributed by atoms with van der Waals surface area (Å²) < 4.78 is 16.8. The van der Waals surface area contributed by atoms with E-state index in [9.17, 15) is 14.4 Å². The largest absolute Gasteiger partial charge is 0.462 e. The molecule has 1 atom stereocenters. The second-order valence-corrected chi connectivity index (χ2v) is 18.5. The number of unbranched alkanes of at least 4 members (excludes halogenated alkanes) is 25. The van der Waals surface area contributed by atoms with Crippen molar-refractivity contribution in [3.63, 3.8) is 0 Å². The Morgan fingerprint density at radius 2 is 0.582 bits per heavy atom. The predicted octanol–water partition coefficient (Wildman–Crippen LogP) is 18.8. The molecule has 0 rings (SSSR count).